The number of aromatic hydroxyl groups is 1. The molecule has 1 aromatic carbocycles. The lowest BCUT2D eigenvalue weighted by Gasteiger charge is -2.24. The highest BCUT2D eigenvalue weighted by Gasteiger charge is 2.32. The number of phenols is 1. The fraction of sp³-hybridized carbons (Fsp3) is 0.444. The number of hydrogen-bond acceptors (Lipinski definition) is 5. The molecule has 0 aromatic heterocycles. The number of benzene rings is 1. The summed E-state index contributed by atoms with van der Waals surface area (Å²) in [5.41, 5.74) is 2.43. The van der Waals surface area contributed by atoms with E-state index in [2.05, 4.69) is 0 Å². The van der Waals surface area contributed by atoms with E-state index in [1.54, 1.807) is 0 Å². The molecule has 1 atom stereocenters. The van der Waals surface area contributed by atoms with Gasteiger partial charge >= 0.3 is 6.18 Å². The van der Waals surface area contributed by atoms with Gasteiger partial charge in [0.2, 0.25) is 0 Å². The molecule has 1 fully saturated rings. The Bertz CT molecular complexity index is 759. The lowest BCUT2D eigenvalue weighted by Crippen LogP contribution is -2.37. The van der Waals surface area contributed by atoms with E-state index < -0.39 is 29.3 Å². The molecule has 4 N–H and O–H groups in total. The molecule has 0 aliphatic carbocycles. The van der Waals surface area contributed by atoms with Gasteiger partial charge in [-0.25, -0.2) is 4.39 Å². The van der Waals surface area contributed by atoms with Crippen molar-refractivity contribution in [2.24, 2.45) is 11.7 Å². The van der Waals surface area contributed by atoms with Gasteiger partial charge in [-0.2, -0.15) is 13.2 Å². The van der Waals surface area contributed by atoms with Crippen molar-refractivity contribution in [3.63, 3.8) is 0 Å². The number of carbonyl (C=O) groups is 1. The highest BCUT2D eigenvalue weighted by molar-refractivity contribution is 6.42. The number of allylic oxidation sites excluding steroid dienone is 1. The van der Waals surface area contributed by atoms with Crippen LogP contribution in [0, 0.1) is 17.1 Å². The van der Waals surface area contributed by atoms with E-state index in [1.165, 1.54) is 12.1 Å². The third kappa shape index (κ3) is 5.95. The molecule has 1 aliphatic rings. The molecule has 1 amide bonds. The van der Waals surface area contributed by atoms with Crippen LogP contribution in [0.25, 0.3) is 0 Å². The Hall–Kier alpha value is -2.62. The molecule has 1 aromatic rings. The standard InChI is InChI=1S/C18H21F4N3O3/c19-14-7-13(26)2-1-12(14)9-25(5-3-11-4-6-28-10-11)17(27)15(23)8-16(24)18(20,21)22/h1-2,7-8,11,23,26H,3-6,9-10,24H2. The summed E-state index contributed by atoms with van der Waals surface area (Å²) >= 11 is 0. The summed E-state index contributed by atoms with van der Waals surface area (Å²) in [4.78, 5) is 13.6. The molecule has 28 heavy (non-hydrogen) atoms. The van der Waals surface area contributed by atoms with Crippen LogP contribution in [0.5, 0.6) is 5.75 Å². The summed E-state index contributed by atoms with van der Waals surface area (Å²) < 4.78 is 57.0. The smallest absolute Gasteiger partial charge is 0.430 e. The number of alkyl halides is 3. The minimum absolute atomic E-state index is 0.0643. The summed E-state index contributed by atoms with van der Waals surface area (Å²) in [6.07, 6.45) is -3.33. The van der Waals surface area contributed by atoms with Crippen molar-refractivity contribution in [1.29, 1.82) is 5.41 Å². The normalized spacial score (nSPS) is 17.6. The number of nitrogens with two attached hydrogens (primary N) is 1. The molecule has 0 bridgehead atoms. The Morgan fingerprint density at radius 1 is 1.43 bits per heavy atom. The van der Waals surface area contributed by atoms with Crippen molar-refractivity contribution in [3.05, 3.63) is 41.4 Å². The Balaban J connectivity index is 2.18. The van der Waals surface area contributed by atoms with Crippen LogP contribution in [0.15, 0.2) is 30.0 Å². The highest BCUT2D eigenvalue weighted by atomic mass is 19.4. The number of ether oxygens (including phenoxy) is 1. The molecule has 1 unspecified atom stereocenters. The van der Waals surface area contributed by atoms with E-state index in [9.17, 15) is 27.5 Å². The van der Waals surface area contributed by atoms with E-state index in [4.69, 9.17) is 15.9 Å². The van der Waals surface area contributed by atoms with Gasteiger partial charge in [0.15, 0.2) is 0 Å². The van der Waals surface area contributed by atoms with Crippen LogP contribution < -0.4 is 5.73 Å². The Kier molecular flexibility index (Phi) is 7.00. The van der Waals surface area contributed by atoms with Gasteiger partial charge in [0.25, 0.3) is 5.91 Å². The average molecular weight is 403 g/mol. The van der Waals surface area contributed by atoms with Crippen LogP contribution in [-0.4, -0.2) is 47.6 Å². The van der Waals surface area contributed by atoms with Crippen molar-refractivity contribution in [2.45, 2.75) is 25.6 Å². The van der Waals surface area contributed by atoms with Gasteiger partial charge in [0.1, 0.15) is 23.0 Å². The second kappa shape index (κ2) is 9.05. The second-order valence-corrected chi connectivity index (χ2v) is 6.53. The zero-order chi connectivity index (χ0) is 20.9. The van der Waals surface area contributed by atoms with Gasteiger partial charge in [-0.15, -0.1) is 0 Å². The molecule has 0 saturated carbocycles. The van der Waals surface area contributed by atoms with Crippen molar-refractivity contribution in [2.75, 3.05) is 19.8 Å². The van der Waals surface area contributed by atoms with Crippen LogP contribution in [-0.2, 0) is 16.1 Å². The zero-order valence-corrected chi connectivity index (χ0v) is 14.9. The first-order valence-electron chi connectivity index (χ1n) is 8.55. The van der Waals surface area contributed by atoms with Crippen molar-refractivity contribution >= 4 is 11.6 Å². The van der Waals surface area contributed by atoms with Gasteiger partial charge in [-0.05, 0) is 30.9 Å². The third-order valence-electron chi connectivity index (χ3n) is 4.37. The fourth-order valence-electron chi connectivity index (χ4n) is 2.74. The minimum Gasteiger partial charge on any atom is -0.508 e. The molecule has 10 heteroatoms. The highest BCUT2D eigenvalue weighted by Crippen LogP contribution is 2.22. The number of hydrogen-bond donors (Lipinski definition) is 3. The van der Waals surface area contributed by atoms with E-state index >= 15 is 0 Å². The van der Waals surface area contributed by atoms with Gasteiger partial charge in [-0.3, -0.25) is 10.2 Å². The molecule has 1 saturated heterocycles. The second-order valence-electron chi connectivity index (χ2n) is 6.53. The molecule has 1 heterocycles. The Morgan fingerprint density at radius 3 is 2.71 bits per heavy atom. The third-order valence-corrected chi connectivity index (χ3v) is 4.37. The quantitative estimate of drug-likeness (QED) is 0.481. The van der Waals surface area contributed by atoms with Gasteiger partial charge in [-0.1, -0.05) is 6.07 Å². The van der Waals surface area contributed by atoms with E-state index in [1.807, 2.05) is 0 Å². The number of rotatable bonds is 7. The monoisotopic (exact) mass is 403 g/mol. The van der Waals surface area contributed by atoms with Crippen molar-refractivity contribution < 1.29 is 32.2 Å². The Morgan fingerprint density at radius 2 is 2.14 bits per heavy atom. The summed E-state index contributed by atoms with van der Waals surface area (Å²) in [5.74, 6) is -1.89. The number of nitrogens with one attached hydrogen (secondary N) is 1. The number of nitrogens with zero attached hydrogens (tertiary/aromatic N) is 1. The summed E-state index contributed by atoms with van der Waals surface area (Å²) in [6.45, 7) is 0.940. The summed E-state index contributed by atoms with van der Waals surface area (Å²) in [6, 6.07) is 3.38. The average Bonchev–Trinajstić information content (AvgIpc) is 3.12. The molecule has 6 nitrogen and oxygen atoms in total. The SMILES string of the molecule is N=C(C=C(N)C(F)(F)F)C(=O)N(CCC1CCOC1)Cc1ccc(O)cc1F. The number of carbonyl (C=O) groups excluding carboxylic acids is 1. The minimum atomic E-state index is -4.86. The molecule has 2 rings (SSSR count). The van der Waals surface area contributed by atoms with E-state index in [0.29, 0.717) is 19.6 Å². The van der Waals surface area contributed by atoms with Gasteiger partial charge < -0.3 is 20.5 Å². The van der Waals surface area contributed by atoms with Crippen LogP contribution in [0.3, 0.4) is 0 Å². The van der Waals surface area contributed by atoms with Crippen LogP contribution in [0.1, 0.15) is 18.4 Å². The number of halogens is 4. The summed E-state index contributed by atoms with van der Waals surface area (Å²) in [5, 5.41) is 17.0. The zero-order valence-electron chi connectivity index (χ0n) is 14.9. The molecule has 0 spiro atoms. The van der Waals surface area contributed by atoms with Crippen molar-refractivity contribution in [3.8, 4) is 5.75 Å². The maximum Gasteiger partial charge on any atom is 0.430 e. The molecular formula is C18H21F4N3O3. The Labute approximate surface area is 159 Å². The first-order valence-corrected chi connectivity index (χ1v) is 8.55. The molecule has 0 radical (unpaired) electrons. The first kappa shape index (κ1) is 21.7. The van der Waals surface area contributed by atoms with Crippen LogP contribution in [0.2, 0.25) is 0 Å². The van der Waals surface area contributed by atoms with Gasteiger partial charge in [0.05, 0.1) is 0 Å². The first-order chi connectivity index (χ1) is 13.1. The maximum atomic E-state index is 14.0. The van der Waals surface area contributed by atoms with Gasteiger partial charge in [0, 0.05) is 37.9 Å². The number of amides is 1. The molecule has 1 aliphatic heterocycles. The predicted molar refractivity (Wildman–Crippen MR) is 93.1 cm³/mol. The molecular weight excluding hydrogens is 382 g/mol. The lowest BCUT2D eigenvalue weighted by atomic mass is 10.0. The summed E-state index contributed by atoms with van der Waals surface area (Å²) in [7, 11) is 0. The van der Waals surface area contributed by atoms with Crippen LogP contribution >= 0.6 is 0 Å². The maximum absolute atomic E-state index is 14.0. The topological polar surface area (TPSA) is 99.6 Å². The number of phenolic OH excluding ortho intramolecular Hbond substituents is 1. The van der Waals surface area contributed by atoms with Crippen molar-refractivity contribution in [1.82, 2.24) is 4.90 Å². The predicted octanol–water partition coefficient (Wildman–Crippen LogP) is 2.71. The van der Waals surface area contributed by atoms with E-state index in [-0.39, 0.29) is 36.4 Å². The largest absolute Gasteiger partial charge is 0.508 e. The van der Waals surface area contributed by atoms with Crippen LogP contribution in [0.4, 0.5) is 17.6 Å². The molecule has 154 valence electrons. The lowest BCUT2D eigenvalue weighted by molar-refractivity contribution is -0.124. The van der Waals surface area contributed by atoms with E-state index in [0.717, 1.165) is 17.4 Å². The fourth-order valence-corrected chi connectivity index (χ4v) is 2.74.